The molecule has 3 heteroatoms. The molecule has 0 aliphatic rings. The lowest BCUT2D eigenvalue weighted by atomic mass is 9.94. The van der Waals surface area contributed by atoms with Gasteiger partial charge >= 0.3 is 0 Å². The van der Waals surface area contributed by atoms with Crippen molar-refractivity contribution in [2.45, 2.75) is 32.7 Å². The smallest absolute Gasteiger partial charge is 0.160 e. The summed E-state index contributed by atoms with van der Waals surface area (Å²) >= 11 is 0. The average molecular weight is 237 g/mol. The van der Waals surface area contributed by atoms with E-state index in [9.17, 15) is 0 Å². The molecule has 0 saturated carbocycles. The summed E-state index contributed by atoms with van der Waals surface area (Å²) in [5, 5.41) is 3.44. The van der Waals surface area contributed by atoms with E-state index in [0.29, 0.717) is 12.0 Å². The molecule has 1 rings (SSSR count). The third-order valence-corrected chi connectivity index (χ3v) is 3.21. The number of benzene rings is 1. The molecule has 96 valence electrons. The molecule has 0 radical (unpaired) electrons. The summed E-state index contributed by atoms with van der Waals surface area (Å²) in [6.07, 6.45) is 0. The molecule has 0 aliphatic carbocycles. The van der Waals surface area contributed by atoms with Gasteiger partial charge in [-0.2, -0.15) is 0 Å². The number of ether oxygens (including phenoxy) is 2. The zero-order valence-electron chi connectivity index (χ0n) is 11.4. The van der Waals surface area contributed by atoms with Crippen LogP contribution in [0.2, 0.25) is 0 Å². The van der Waals surface area contributed by atoms with Crippen LogP contribution in [0.1, 0.15) is 32.3 Å². The summed E-state index contributed by atoms with van der Waals surface area (Å²) in [6, 6.07) is 6.55. The molecule has 0 fully saturated rings. The van der Waals surface area contributed by atoms with Crippen LogP contribution in [0.15, 0.2) is 18.2 Å². The lowest BCUT2D eigenvalue weighted by molar-refractivity contribution is 0.354. The first-order valence-corrected chi connectivity index (χ1v) is 6.09. The normalized spacial score (nSPS) is 14.2. The highest BCUT2D eigenvalue weighted by molar-refractivity contribution is 5.44. The molecule has 0 spiro atoms. The molecule has 0 heterocycles. The Morgan fingerprint density at radius 3 is 2.29 bits per heavy atom. The lowest BCUT2D eigenvalue weighted by Gasteiger charge is -2.22. The molecular formula is C14H23NO2. The summed E-state index contributed by atoms with van der Waals surface area (Å²) < 4.78 is 10.6. The number of hydrogen-bond acceptors (Lipinski definition) is 3. The van der Waals surface area contributed by atoms with Crippen LogP contribution in [-0.2, 0) is 0 Å². The Morgan fingerprint density at radius 1 is 1.12 bits per heavy atom. The topological polar surface area (TPSA) is 30.5 Å². The van der Waals surface area contributed by atoms with Gasteiger partial charge in [0.05, 0.1) is 14.2 Å². The third-order valence-electron chi connectivity index (χ3n) is 3.21. The molecule has 0 amide bonds. The minimum absolute atomic E-state index is 0.440. The molecule has 0 aliphatic heterocycles. The Balaban J connectivity index is 2.91. The Labute approximate surface area is 104 Å². The summed E-state index contributed by atoms with van der Waals surface area (Å²) in [4.78, 5) is 0. The quantitative estimate of drug-likeness (QED) is 0.825. The van der Waals surface area contributed by atoms with Crippen LogP contribution in [0.4, 0.5) is 0 Å². The van der Waals surface area contributed by atoms with Crippen molar-refractivity contribution < 1.29 is 9.47 Å². The number of nitrogens with one attached hydrogen (secondary N) is 1. The third kappa shape index (κ3) is 3.37. The fourth-order valence-corrected chi connectivity index (χ4v) is 1.92. The van der Waals surface area contributed by atoms with Gasteiger partial charge in [0.1, 0.15) is 0 Å². The van der Waals surface area contributed by atoms with Crippen LogP contribution in [0.3, 0.4) is 0 Å². The van der Waals surface area contributed by atoms with Crippen molar-refractivity contribution in [2.24, 2.45) is 0 Å². The second-order valence-corrected chi connectivity index (χ2v) is 4.25. The van der Waals surface area contributed by atoms with E-state index in [2.05, 4.69) is 38.2 Å². The maximum Gasteiger partial charge on any atom is 0.160 e. The van der Waals surface area contributed by atoms with Gasteiger partial charge in [-0.25, -0.2) is 0 Å². The zero-order chi connectivity index (χ0) is 12.8. The molecule has 3 nitrogen and oxygen atoms in total. The van der Waals surface area contributed by atoms with Gasteiger partial charge in [-0.1, -0.05) is 19.9 Å². The average Bonchev–Trinajstić information content (AvgIpc) is 2.37. The number of likely N-dealkylation sites (N-methyl/N-ethyl adjacent to an activating group) is 1. The number of rotatable bonds is 6. The van der Waals surface area contributed by atoms with Crippen molar-refractivity contribution in [3.05, 3.63) is 23.8 Å². The van der Waals surface area contributed by atoms with Gasteiger partial charge in [-0.15, -0.1) is 0 Å². The van der Waals surface area contributed by atoms with Crippen molar-refractivity contribution in [3.63, 3.8) is 0 Å². The monoisotopic (exact) mass is 237 g/mol. The van der Waals surface area contributed by atoms with Crippen molar-refractivity contribution in [1.29, 1.82) is 0 Å². The van der Waals surface area contributed by atoms with Crippen molar-refractivity contribution >= 4 is 0 Å². The van der Waals surface area contributed by atoms with Crippen LogP contribution in [0.25, 0.3) is 0 Å². The summed E-state index contributed by atoms with van der Waals surface area (Å²) in [6.45, 7) is 7.52. The minimum atomic E-state index is 0.440. The van der Waals surface area contributed by atoms with E-state index in [1.165, 1.54) is 5.56 Å². The predicted molar refractivity (Wildman–Crippen MR) is 71.1 cm³/mol. The fraction of sp³-hybridized carbons (Fsp3) is 0.571. The SMILES string of the molecule is CCNC(C)C(C)c1ccc(OC)c(OC)c1. The molecule has 17 heavy (non-hydrogen) atoms. The molecule has 2 unspecified atom stereocenters. The van der Waals surface area contributed by atoms with Crippen LogP contribution >= 0.6 is 0 Å². The minimum Gasteiger partial charge on any atom is -0.493 e. The predicted octanol–water partition coefficient (Wildman–Crippen LogP) is 2.81. The number of methoxy groups -OCH3 is 2. The van der Waals surface area contributed by atoms with Crippen LogP contribution in [0, 0.1) is 0 Å². The Kier molecular flexibility index (Phi) is 5.29. The molecular weight excluding hydrogens is 214 g/mol. The van der Waals surface area contributed by atoms with Crippen molar-refractivity contribution in [3.8, 4) is 11.5 Å². The molecule has 0 bridgehead atoms. The Hall–Kier alpha value is -1.22. The van der Waals surface area contributed by atoms with E-state index in [1.54, 1.807) is 14.2 Å². The van der Waals surface area contributed by atoms with Gasteiger partial charge in [0.2, 0.25) is 0 Å². The highest BCUT2D eigenvalue weighted by Crippen LogP contribution is 2.31. The maximum atomic E-state index is 5.32. The first-order chi connectivity index (χ1) is 8.13. The summed E-state index contributed by atoms with van der Waals surface area (Å²) in [5.74, 6) is 2.01. The molecule has 1 aromatic carbocycles. The standard InChI is InChI=1S/C14H23NO2/c1-6-15-11(3)10(2)12-7-8-13(16-4)14(9-12)17-5/h7-11,15H,6H2,1-5H3. The van der Waals surface area contributed by atoms with E-state index >= 15 is 0 Å². The largest absolute Gasteiger partial charge is 0.493 e. The first kappa shape index (κ1) is 13.8. The molecule has 2 atom stereocenters. The fourth-order valence-electron chi connectivity index (χ4n) is 1.92. The highest BCUT2D eigenvalue weighted by Gasteiger charge is 2.15. The maximum absolute atomic E-state index is 5.32. The van der Waals surface area contributed by atoms with Crippen LogP contribution in [-0.4, -0.2) is 26.8 Å². The van der Waals surface area contributed by atoms with E-state index in [-0.39, 0.29) is 0 Å². The molecule has 1 aromatic rings. The van der Waals surface area contributed by atoms with Gasteiger partial charge < -0.3 is 14.8 Å². The second-order valence-electron chi connectivity index (χ2n) is 4.25. The van der Waals surface area contributed by atoms with Gasteiger partial charge in [-0.05, 0) is 37.1 Å². The van der Waals surface area contributed by atoms with Gasteiger partial charge in [0.25, 0.3) is 0 Å². The van der Waals surface area contributed by atoms with E-state index < -0.39 is 0 Å². The molecule has 0 aromatic heterocycles. The number of hydrogen-bond donors (Lipinski definition) is 1. The first-order valence-electron chi connectivity index (χ1n) is 6.09. The Morgan fingerprint density at radius 2 is 1.76 bits per heavy atom. The van der Waals surface area contributed by atoms with Crippen molar-refractivity contribution in [1.82, 2.24) is 5.32 Å². The van der Waals surface area contributed by atoms with E-state index in [0.717, 1.165) is 18.0 Å². The second kappa shape index (κ2) is 6.50. The van der Waals surface area contributed by atoms with Gasteiger partial charge in [0.15, 0.2) is 11.5 Å². The lowest BCUT2D eigenvalue weighted by Crippen LogP contribution is -2.30. The zero-order valence-corrected chi connectivity index (χ0v) is 11.4. The van der Waals surface area contributed by atoms with Crippen LogP contribution in [0.5, 0.6) is 11.5 Å². The van der Waals surface area contributed by atoms with Crippen molar-refractivity contribution in [2.75, 3.05) is 20.8 Å². The van der Waals surface area contributed by atoms with E-state index in [1.807, 2.05) is 6.07 Å². The summed E-state index contributed by atoms with van der Waals surface area (Å²) in [5.41, 5.74) is 1.26. The highest BCUT2D eigenvalue weighted by atomic mass is 16.5. The summed E-state index contributed by atoms with van der Waals surface area (Å²) in [7, 11) is 3.32. The van der Waals surface area contributed by atoms with E-state index in [4.69, 9.17) is 9.47 Å². The molecule has 0 saturated heterocycles. The Bertz CT molecular complexity index is 352. The van der Waals surface area contributed by atoms with Gasteiger partial charge in [0, 0.05) is 6.04 Å². The molecule has 1 N–H and O–H groups in total. The van der Waals surface area contributed by atoms with Gasteiger partial charge in [-0.3, -0.25) is 0 Å². The van der Waals surface area contributed by atoms with Crippen LogP contribution < -0.4 is 14.8 Å².